The van der Waals surface area contributed by atoms with Crippen LogP contribution >= 0.6 is 11.6 Å². The molecule has 0 saturated carbocycles. The van der Waals surface area contributed by atoms with E-state index >= 15 is 0 Å². The minimum atomic E-state index is -0.246. The van der Waals surface area contributed by atoms with Crippen molar-refractivity contribution < 1.29 is 14.2 Å². The fourth-order valence-corrected chi connectivity index (χ4v) is 3.65. The standard InChI is InChI=1S/C25H25ClN2O3/c1-17-15-21(11-12-22(17)26)31-18(2)25-27-23-9-4-5-10-24(23)28(25)13-14-30-20-8-6-7-19(16-20)29-3/h4-12,15-16,18H,13-14H2,1-3H3. The molecular weight excluding hydrogens is 412 g/mol. The highest BCUT2D eigenvalue weighted by Gasteiger charge is 2.18. The molecule has 0 fully saturated rings. The molecule has 31 heavy (non-hydrogen) atoms. The van der Waals surface area contributed by atoms with Gasteiger partial charge < -0.3 is 18.8 Å². The molecule has 0 N–H and O–H groups in total. The number of halogens is 1. The number of nitrogens with zero attached hydrogens (tertiary/aromatic N) is 2. The van der Waals surface area contributed by atoms with Crippen molar-refractivity contribution in [1.82, 2.24) is 9.55 Å². The zero-order valence-electron chi connectivity index (χ0n) is 17.8. The van der Waals surface area contributed by atoms with Crippen molar-refractivity contribution in [3.05, 3.63) is 83.1 Å². The molecule has 5 nitrogen and oxygen atoms in total. The van der Waals surface area contributed by atoms with Crippen LogP contribution in [0.15, 0.2) is 66.7 Å². The number of fused-ring (bicyclic) bond motifs is 1. The molecule has 160 valence electrons. The lowest BCUT2D eigenvalue weighted by Gasteiger charge is -2.17. The van der Waals surface area contributed by atoms with E-state index in [9.17, 15) is 0 Å². The number of rotatable bonds is 8. The van der Waals surface area contributed by atoms with Crippen LogP contribution in [0.2, 0.25) is 5.02 Å². The Morgan fingerprint density at radius 3 is 2.58 bits per heavy atom. The Hall–Kier alpha value is -3.18. The lowest BCUT2D eigenvalue weighted by atomic mass is 10.2. The Bertz CT molecular complexity index is 1190. The molecule has 0 aliphatic rings. The Kier molecular flexibility index (Phi) is 6.33. The zero-order chi connectivity index (χ0) is 21.8. The number of hydrogen-bond donors (Lipinski definition) is 0. The van der Waals surface area contributed by atoms with Crippen LogP contribution in [-0.4, -0.2) is 23.3 Å². The largest absolute Gasteiger partial charge is 0.497 e. The van der Waals surface area contributed by atoms with Crippen molar-refractivity contribution in [3.63, 3.8) is 0 Å². The molecule has 1 heterocycles. The smallest absolute Gasteiger partial charge is 0.153 e. The van der Waals surface area contributed by atoms with Gasteiger partial charge in [0.1, 0.15) is 23.9 Å². The summed E-state index contributed by atoms with van der Waals surface area (Å²) in [4.78, 5) is 4.84. The van der Waals surface area contributed by atoms with E-state index in [-0.39, 0.29) is 6.10 Å². The van der Waals surface area contributed by atoms with E-state index in [1.165, 1.54) is 0 Å². The normalized spacial score (nSPS) is 12.0. The highest BCUT2D eigenvalue weighted by atomic mass is 35.5. The van der Waals surface area contributed by atoms with Crippen LogP contribution in [0.5, 0.6) is 17.2 Å². The Morgan fingerprint density at radius 1 is 0.968 bits per heavy atom. The van der Waals surface area contributed by atoms with E-state index in [0.717, 1.165) is 44.7 Å². The van der Waals surface area contributed by atoms with Crippen molar-refractivity contribution in [2.75, 3.05) is 13.7 Å². The van der Waals surface area contributed by atoms with E-state index in [2.05, 4.69) is 10.6 Å². The predicted molar refractivity (Wildman–Crippen MR) is 123 cm³/mol. The minimum Gasteiger partial charge on any atom is -0.497 e. The molecule has 1 unspecified atom stereocenters. The monoisotopic (exact) mass is 436 g/mol. The molecule has 0 amide bonds. The van der Waals surface area contributed by atoms with Crippen LogP contribution in [0.1, 0.15) is 24.4 Å². The van der Waals surface area contributed by atoms with Gasteiger partial charge in [-0.15, -0.1) is 0 Å². The maximum Gasteiger partial charge on any atom is 0.153 e. The molecule has 4 rings (SSSR count). The Morgan fingerprint density at radius 2 is 1.77 bits per heavy atom. The van der Waals surface area contributed by atoms with Gasteiger partial charge in [0.05, 0.1) is 24.7 Å². The molecule has 3 aromatic carbocycles. The fraction of sp³-hybridized carbons (Fsp3) is 0.240. The van der Waals surface area contributed by atoms with Crippen molar-refractivity contribution in [1.29, 1.82) is 0 Å². The van der Waals surface area contributed by atoms with Gasteiger partial charge in [0.25, 0.3) is 0 Å². The molecule has 0 bridgehead atoms. The number of aromatic nitrogens is 2. The summed E-state index contributed by atoms with van der Waals surface area (Å²) in [6.45, 7) is 5.10. The third-order valence-corrected chi connectivity index (χ3v) is 5.54. The van der Waals surface area contributed by atoms with Crippen LogP contribution in [0.4, 0.5) is 0 Å². The molecule has 0 aliphatic carbocycles. The molecule has 0 saturated heterocycles. The average Bonchev–Trinajstić information content (AvgIpc) is 3.15. The van der Waals surface area contributed by atoms with Crippen LogP contribution < -0.4 is 14.2 Å². The Balaban J connectivity index is 1.55. The molecule has 0 radical (unpaired) electrons. The molecule has 0 spiro atoms. The van der Waals surface area contributed by atoms with E-state index < -0.39 is 0 Å². The molecular formula is C25H25ClN2O3. The SMILES string of the molecule is COc1cccc(OCCn2c(C(C)Oc3ccc(Cl)c(C)c3)nc3ccccc32)c1. The minimum absolute atomic E-state index is 0.246. The summed E-state index contributed by atoms with van der Waals surface area (Å²) in [5, 5.41) is 0.724. The van der Waals surface area contributed by atoms with E-state index in [0.29, 0.717) is 13.2 Å². The van der Waals surface area contributed by atoms with Crippen LogP contribution in [0.25, 0.3) is 11.0 Å². The molecule has 1 atom stereocenters. The first kappa shape index (κ1) is 21.1. The number of methoxy groups -OCH3 is 1. The molecule has 0 aliphatic heterocycles. The molecule has 4 aromatic rings. The summed E-state index contributed by atoms with van der Waals surface area (Å²) in [5.74, 6) is 3.15. The predicted octanol–water partition coefficient (Wildman–Crippen LogP) is 6.23. The first-order valence-electron chi connectivity index (χ1n) is 10.2. The van der Waals surface area contributed by atoms with Crippen molar-refractivity contribution >= 4 is 22.6 Å². The van der Waals surface area contributed by atoms with Gasteiger partial charge >= 0.3 is 0 Å². The van der Waals surface area contributed by atoms with Crippen molar-refractivity contribution in [2.24, 2.45) is 0 Å². The van der Waals surface area contributed by atoms with Gasteiger partial charge in [-0.3, -0.25) is 0 Å². The summed E-state index contributed by atoms with van der Waals surface area (Å²) >= 11 is 6.15. The highest BCUT2D eigenvalue weighted by Crippen LogP contribution is 2.28. The lowest BCUT2D eigenvalue weighted by Crippen LogP contribution is -2.15. The quantitative estimate of drug-likeness (QED) is 0.328. The lowest BCUT2D eigenvalue weighted by molar-refractivity contribution is 0.207. The zero-order valence-corrected chi connectivity index (χ0v) is 18.6. The van der Waals surface area contributed by atoms with Gasteiger partial charge in [-0.25, -0.2) is 4.98 Å². The van der Waals surface area contributed by atoms with E-state index in [1.54, 1.807) is 7.11 Å². The second-order valence-electron chi connectivity index (χ2n) is 7.31. The molecule has 6 heteroatoms. The maximum atomic E-state index is 6.20. The van der Waals surface area contributed by atoms with Gasteiger partial charge in [0.15, 0.2) is 11.9 Å². The second kappa shape index (κ2) is 9.31. The summed E-state index contributed by atoms with van der Waals surface area (Å²) in [6, 6.07) is 21.4. The maximum absolute atomic E-state index is 6.20. The van der Waals surface area contributed by atoms with Crippen LogP contribution in [-0.2, 0) is 6.54 Å². The summed E-state index contributed by atoms with van der Waals surface area (Å²) in [5.41, 5.74) is 2.96. The second-order valence-corrected chi connectivity index (χ2v) is 7.72. The van der Waals surface area contributed by atoms with Crippen molar-refractivity contribution in [2.45, 2.75) is 26.5 Å². The van der Waals surface area contributed by atoms with Gasteiger partial charge in [-0.2, -0.15) is 0 Å². The van der Waals surface area contributed by atoms with Crippen LogP contribution in [0.3, 0.4) is 0 Å². The van der Waals surface area contributed by atoms with Crippen molar-refractivity contribution in [3.8, 4) is 17.2 Å². The number of benzene rings is 3. The topological polar surface area (TPSA) is 45.5 Å². The number of hydrogen-bond acceptors (Lipinski definition) is 4. The third kappa shape index (κ3) is 4.78. The van der Waals surface area contributed by atoms with Gasteiger partial charge in [-0.05, 0) is 61.9 Å². The summed E-state index contributed by atoms with van der Waals surface area (Å²) in [6.07, 6.45) is -0.246. The molecule has 1 aromatic heterocycles. The number of aryl methyl sites for hydroxylation is 1. The van der Waals surface area contributed by atoms with Gasteiger partial charge in [-0.1, -0.05) is 29.8 Å². The number of para-hydroxylation sites is 2. The first-order chi connectivity index (χ1) is 15.0. The van der Waals surface area contributed by atoms with Gasteiger partial charge in [0.2, 0.25) is 0 Å². The number of imidazole rings is 1. The van der Waals surface area contributed by atoms with Crippen LogP contribution in [0, 0.1) is 6.92 Å². The summed E-state index contributed by atoms with van der Waals surface area (Å²) in [7, 11) is 1.65. The van der Waals surface area contributed by atoms with Gasteiger partial charge in [0, 0.05) is 11.1 Å². The third-order valence-electron chi connectivity index (χ3n) is 5.11. The average molecular weight is 437 g/mol. The number of ether oxygens (including phenoxy) is 3. The fourth-order valence-electron chi connectivity index (χ4n) is 3.53. The first-order valence-corrected chi connectivity index (χ1v) is 10.6. The highest BCUT2D eigenvalue weighted by molar-refractivity contribution is 6.31. The Labute approximate surface area is 187 Å². The summed E-state index contributed by atoms with van der Waals surface area (Å²) < 4.78 is 19.6. The van der Waals surface area contributed by atoms with E-state index in [4.69, 9.17) is 30.8 Å². The van der Waals surface area contributed by atoms with E-state index in [1.807, 2.05) is 74.5 Å².